The van der Waals surface area contributed by atoms with Crippen molar-refractivity contribution in [3.63, 3.8) is 0 Å². The molecule has 0 spiro atoms. The average molecular weight is 225 g/mol. The molecular weight excluding hydrogens is 220 g/mol. The third-order valence-electron chi connectivity index (χ3n) is 1.84. The fourth-order valence-electron chi connectivity index (χ4n) is 1.15. The summed E-state index contributed by atoms with van der Waals surface area (Å²) in [6.45, 7) is 0. The molecule has 6 nitrogen and oxygen atoms in total. The fourth-order valence-corrected chi connectivity index (χ4v) is 1.28. The van der Waals surface area contributed by atoms with Gasteiger partial charge in [0.2, 0.25) is 0 Å². The number of nitrogens with zero attached hydrogens (tertiary/aromatic N) is 3. The molecule has 0 fully saturated rings. The van der Waals surface area contributed by atoms with Gasteiger partial charge in [-0.3, -0.25) is 10.1 Å². The Kier molecular flexibility index (Phi) is 2.12. The molecule has 0 bridgehead atoms. The van der Waals surface area contributed by atoms with Crippen LogP contribution in [0.25, 0.3) is 11.0 Å². The van der Waals surface area contributed by atoms with Crippen molar-refractivity contribution in [2.75, 3.05) is 5.73 Å². The lowest BCUT2D eigenvalue weighted by atomic mass is 10.2. The first-order valence-electron chi connectivity index (χ1n) is 3.95. The van der Waals surface area contributed by atoms with Gasteiger partial charge in [0, 0.05) is 12.1 Å². The van der Waals surface area contributed by atoms with Crippen molar-refractivity contribution in [3.05, 3.63) is 33.5 Å². The topological polar surface area (TPSA) is 94.9 Å². The molecule has 0 aliphatic heterocycles. The van der Waals surface area contributed by atoms with Gasteiger partial charge in [0.1, 0.15) is 0 Å². The molecule has 1 aromatic carbocycles. The van der Waals surface area contributed by atoms with E-state index >= 15 is 0 Å². The lowest BCUT2D eigenvalue weighted by molar-refractivity contribution is -0.384. The summed E-state index contributed by atoms with van der Waals surface area (Å²) < 4.78 is 0. The average Bonchev–Trinajstić information content (AvgIpc) is 2.19. The molecule has 0 saturated heterocycles. The summed E-state index contributed by atoms with van der Waals surface area (Å²) in [6.07, 6.45) is 0. The maximum atomic E-state index is 10.5. The van der Waals surface area contributed by atoms with Crippen LogP contribution in [0.15, 0.2) is 18.2 Å². The molecule has 76 valence electrons. The Morgan fingerprint density at radius 1 is 1.33 bits per heavy atom. The van der Waals surface area contributed by atoms with Gasteiger partial charge < -0.3 is 5.73 Å². The molecule has 1 heterocycles. The summed E-state index contributed by atoms with van der Waals surface area (Å²) in [7, 11) is 0. The quantitative estimate of drug-likeness (QED) is 0.588. The molecule has 0 amide bonds. The normalized spacial score (nSPS) is 10.5. The number of hydrogen-bond acceptors (Lipinski definition) is 5. The highest BCUT2D eigenvalue weighted by atomic mass is 35.5. The number of nitrogens with two attached hydrogens (primary N) is 1. The van der Waals surface area contributed by atoms with Crippen LogP contribution in [0.4, 0.5) is 11.5 Å². The second-order valence-electron chi connectivity index (χ2n) is 2.83. The Morgan fingerprint density at radius 2 is 2.07 bits per heavy atom. The predicted molar refractivity (Wildman–Crippen MR) is 55.6 cm³/mol. The van der Waals surface area contributed by atoms with Crippen LogP contribution < -0.4 is 5.73 Å². The summed E-state index contributed by atoms with van der Waals surface area (Å²) >= 11 is 5.65. The number of benzene rings is 1. The van der Waals surface area contributed by atoms with Crippen LogP contribution in [-0.2, 0) is 0 Å². The van der Waals surface area contributed by atoms with Crippen molar-refractivity contribution in [1.82, 2.24) is 9.97 Å². The Hall–Kier alpha value is -1.95. The van der Waals surface area contributed by atoms with Crippen LogP contribution in [0.2, 0.25) is 5.15 Å². The van der Waals surface area contributed by atoms with Gasteiger partial charge in [-0.15, -0.1) is 0 Å². The fraction of sp³-hybridized carbons (Fsp3) is 0. The molecule has 0 atom stereocenters. The molecule has 2 aromatic rings. The van der Waals surface area contributed by atoms with Gasteiger partial charge in [-0.2, -0.15) is 0 Å². The van der Waals surface area contributed by atoms with E-state index in [-0.39, 0.29) is 16.7 Å². The second-order valence-corrected chi connectivity index (χ2v) is 3.19. The minimum Gasteiger partial charge on any atom is -0.381 e. The number of nitrogen functional groups attached to an aromatic ring is 1. The standard InChI is InChI=1S/C8H5ClN4O2/c9-7-8(10)12-5-2-1-4(13(14)15)3-6(5)11-7/h1-3H,(H2,10,12). The highest BCUT2D eigenvalue weighted by molar-refractivity contribution is 6.31. The van der Waals surface area contributed by atoms with Gasteiger partial charge in [0.05, 0.1) is 16.0 Å². The van der Waals surface area contributed by atoms with Crippen molar-refractivity contribution < 1.29 is 4.92 Å². The molecule has 0 unspecified atom stereocenters. The van der Waals surface area contributed by atoms with E-state index in [2.05, 4.69) is 9.97 Å². The van der Waals surface area contributed by atoms with E-state index in [1.807, 2.05) is 0 Å². The van der Waals surface area contributed by atoms with Gasteiger partial charge in [-0.05, 0) is 6.07 Å². The predicted octanol–water partition coefficient (Wildman–Crippen LogP) is 1.77. The Labute approximate surface area is 88.8 Å². The van der Waals surface area contributed by atoms with E-state index in [1.165, 1.54) is 18.2 Å². The molecule has 0 radical (unpaired) electrons. The Balaban J connectivity index is 2.72. The maximum Gasteiger partial charge on any atom is 0.271 e. The highest BCUT2D eigenvalue weighted by Crippen LogP contribution is 2.22. The molecule has 1 aromatic heterocycles. The van der Waals surface area contributed by atoms with E-state index in [9.17, 15) is 10.1 Å². The number of hydrogen-bond donors (Lipinski definition) is 1. The Bertz CT molecular complexity index is 558. The third kappa shape index (κ3) is 1.66. The minimum atomic E-state index is -0.509. The van der Waals surface area contributed by atoms with Gasteiger partial charge in [0.15, 0.2) is 11.0 Å². The van der Waals surface area contributed by atoms with Gasteiger partial charge >= 0.3 is 0 Å². The first-order chi connectivity index (χ1) is 7.08. The number of nitro groups is 1. The summed E-state index contributed by atoms with van der Waals surface area (Å²) in [4.78, 5) is 17.8. The van der Waals surface area contributed by atoms with Crippen LogP contribution in [0, 0.1) is 10.1 Å². The van der Waals surface area contributed by atoms with E-state index in [4.69, 9.17) is 17.3 Å². The molecule has 0 aliphatic rings. The molecule has 7 heteroatoms. The van der Waals surface area contributed by atoms with Crippen molar-refractivity contribution in [2.24, 2.45) is 0 Å². The molecule has 0 saturated carbocycles. The number of nitro benzene ring substituents is 1. The number of halogens is 1. The van der Waals surface area contributed by atoms with Crippen LogP contribution in [-0.4, -0.2) is 14.9 Å². The zero-order chi connectivity index (χ0) is 11.0. The molecule has 15 heavy (non-hydrogen) atoms. The smallest absolute Gasteiger partial charge is 0.271 e. The number of rotatable bonds is 1. The van der Waals surface area contributed by atoms with Gasteiger partial charge in [-0.1, -0.05) is 11.6 Å². The molecule has 0 aliphatic carbocycles. The lowest BCUT2D eigenvalue weighted by Gasteiger charge is -1.99. The molecule has 2 rings (SSSR count). The van der Waals surface area contributed by atoms with Gasteiger partial charge in [0.25, 0.3) is 5.69 Å². The summed E-state index contributed by atoms with van der Waals surface area (Å²) in [6, 6.07) is 4.12. The number of anilines is 1. The number of non-ortho nitro benzene ring substituents is 1. The number of fused-ring (bicyclic) bond motifs is 1. The monoisotopic (exact) mass is 224 g/mol. The van der Waals surface area contributed by atoms with Crippen LogP contribution in [0.1, 0.15) is 0 Å². The van der Waals surface area contributed by atoms with Crippen molar-refractivity contribution >= 4 is 34.1 Å². The van der Waals surface area contributed by atoms with E-state index < -0.39 is 4.92 Å². The summed E-state index contributed by atoms with van der Waals surface area (Å²) in [5, 5.41) is 10.5. The van der Waals surface area contributed by atoms with Crippen LogP contribution >= 0.6 is 11.6 Å². The number of aromatic nitrogens is 2. The van der Waals surface area contributed by atoms with Crippen molar-refractivity contribution in [3.8, 4) is 0 Å². The van der Waals surface area contributed by atoms with E-state index in [1.54, 1.807) is 0 Å². The molecule has 2 N–H and O–H groups in total. The lowest BCUT2D eigenvalue weighted by Crippen LogP contribution is -1.96. The second kappa shape index (κ2) is 3.32. The first-order valence-corrected chi connectivity index (χ1v) is 4.33. The van der Waals surface area contributed by atoms with Crippen LogP contribution in [0.3, 0.4) is 0 Å². The summed E-state index contributed by atoms with van der Waals surface area (Å²) in [5.41, 5.74) is 6.21. The maximum absolute atomic E-state index is 10.5. The first kappa shape index (κ1) is 9.60. The Morgan fingerprint density at radius 3 is 2.73 bits per heavy atom. The third-order valence-corrected chi connectivity index (χ3v) is 2.12. The molecular formula is C8H5ClN4O2. The summed E-state index contributed by atoms with van der Waals surface area (Å²) in [5.74, 6) is 0.109. The van der Waals surface area contributed by atoms with Gasteiger partial charge in [-0.25, -0.2) is 9.97 Å². The zero-order valence-corrected chi connectivity index (χ0v) is 8.10. The zero-order valence-electron chi connectivity index (χ0n) is 7.35. The highest BCUT2D eigenvalue weighted by Gasteiger charge is 2.09. The van der Waals surface area contributed by atoms with Crippen molar-refractivity contribution in [1.29, 1.82) is 0 Å². The minimum absolute atomic E-state index is 0.0444. The van der Waals surface area contributed by atoms with E-state index in [0.29, 0.717) is 11.0 Å². The SMILES string of the molecule is Nc1nc2ccc([N+](=O)[O-])cc2nc1Cl. The van der Waals surface area contributed by atoms with E-state index in [0.717, 1.165) is 0 Å². The van der Waals surface area contributed by atoms with Crippen molar-refractivity contribution in [2.45, 2.75) is 0 Å². The van der Waals surface area contributed by atoms with Crippen LogP contribution in [0.5, 0.6) is 0 Å². The largest absolute Gasteiger partial charge is 0.381 e.